The Morgan fingerprint density at radius 2 is 1.75 bits per heavy atom. The van der Waals surface area contributed by atoms with Crippen molar-refractivity contribution in [1.29, 1.82) is 0 Å². The van der Waals surface area contributed by atoms with Crippen LogP contribution in [0.3, 0.4) is 0 Å². The van der Waals surface area contributed by atoms with E-state index in [0.29, 0.717) is 0 Å². The number of aldehydes is 1. The summed E-state index contributed by atoms with van der Waals surface area (Å²) < 4.78 is 57.8. The molecule has 0 aromatic heterocycles. The van der Waals surface area contributed by atoms with Crippen LogP contribution >= 0.6 is 0 Å². The molecule has 0 spiro atoms. The number of rotatable bonds is 11. The van der Waals surface area contributed by atoms with Crippen LogP contribution in [0.5, 0.6) is 5.75 Å². The van der Waals surface area contributed by atoms with E-state index in [9.17, 15) is 36.7 Å². The Bertz CT molecular complexity index is 746. The van der Waals surface area contributed by atoms with Gasteiger partial charge in [0.05, 0.1) is 0 Å². The molecule has 28 heavy (non-hydrogen) atoms. The highest BCUT2D eigenvalue weighted by Crippen LogP contribution is 2.26. The van der Waals surface area contributed by atoms with E-state index in [1.165, 1.54) is 6.92 Å². The highest BCUT2D eigenvalue weighted by atomic mass is 19.2. The molecule has 2 unspecified atom stereocenters. The fourth-order valence-electron chi connectivity index (χ4n) is 1.75. The summed E-state index contributed by atoms with van der Waals surface area (Å²) in [5.74, 6) is -13.3. The van der Waals surface area contributed by atoms with Gasteiger partial charge >= 0.3 is 11.9 Å². The average Bonchev–Trinajstić information content (AvgIpc) is 2.65. The zero-order chi connectivity index (χ0) is 21.4. The monoisotopic (exact) mass is 409 g/mol. The first-order valence-corrected chi connectivity index (χ1v) is 7.70. The number of benzene rings is 1. The number of carboxylic acid groups (broad SMARTS) is 1. The fraction of sp³-hybridized carbons (Fsp3) is 0.375. The molecule has 0 saturated heterocycles. The summed E-state index contributed by atoms with van der Waals surface area (Å²) in [6.07, 6.45) is -0.741. The molecule has 0 aliphatic carbocycles. The van der Waals surface area contributed by atoms with Crippen LogP contribution in [-0.2, 0) is 24.0 Å². The largest absolute Gasteiger partial charge is 0.481 e. The average molecular weight is 409 g/mol. The van der Waals surface area contributed by atoms with Crippen molar-refractivity contribution >= 4 is 24.0 Å². The number of hydrogen-bond acceptors (Lipinski definition) is 7. The number of carbonyl (C=O) groups excluding carboxylic acids is 3. The van der Waals surface area contributed by atoms with E-state index in [1.54, 1.807) is 0 Å². The Morgan fingerprint density at radius 1 is 1.18 bits per heavy atom. The van der Waals surface area contributed by atoms with E-state index in [1.807, 2.05) is 5.48 Å². The van der Waals surface area contributed by atoms with Gasteiger partial charge in [0.25, 0.3) is 0 Å². The summed E-state index contributed by atoms with van der Waals surface area (Å²) in [6.45, 7) is 0.0626. The maximum Gasteiger partial charge on any atom is 0.334 e. The fourth-order valence-corrected chi connectivity index (χ4v) is 1.75. The molecule has 2 atom stereocenters. The third-order valence-corrected chi connectivity index (χ3v) is 3.34. The second-order valence-corrected chi connectivity index (χ2v) is 5.50. The van der Waals surface area contributed by atoms with Crippen molar-refractivity contribution in [3.8, 4) is 5.75 Å². The molecule has 2 N–H and O–H groups in total. The van der Waals surface area contributed by atoms with Gasteiger partial charge < -0.3 is 19.5 Å². The molecule has 0 aliphatic heterocycles. The van der Waals surface area contributed by atoms with E-state index in [0.717, 1.165) is 0 Å². The molecule has 154 valence electrons. The molecule has 0 saturated carbocycles. The van der Waals surface area contributed by atoms with Gasteiger partial charge in [0, 0.05) is 12.5 Å². The Labute approximate surface area is 155 Å². The number of ketones is 1. The summed E-state index contributed by atoms with van der Waals surface area (Å²) in [6, 6.07) is -1.55. The van der Waals surface area contributed by atoms with Gasteiger partial charge in [-0.05, 0) is 13.3 Å². The number of Topliss-reactive ketones (excluding diaryl/α,β-unsaturated/α-hetero) is 1. The van der Waals surface area contributed by atoms with E-state index in [-0.39, 0.29) is 12.4 Å². The van der Waals surface area contributed by atoms with Gasteiger partial charge in [0.1, 0.15) is 24.9 Å². The van der Waals surface area contributed by atoms with Gasteiger partial charge in [-0.2, -0.15) is 8.78 Å². The number of nitrogens with one attached hydrogen (secondary N) is 1. The minimum absolute atomic E-state index is 0.0514. The number of aliphatic carboxylic acids is 1. The topological polar surface area (TPSA) is 119 Å². The van der Waals surface area contributed by atoms with Crippen molar-refractivity contribution in [1.82, 2.24) is 5.48 Å². The summed E-state index contributed by atoms with van der Waals surface area (Å²) in [4.78, 5) is 49.2. The van der Waals surface area contributed by atoms with Crippen LogP contribution in [-0.4, -0.2) is 41.8 Å². The number of halogens is 4. The maximum atomic E-state index is 13.5. The van der Waals surface area contributed by atoms with E-state index in [4.69, 9.17) is 5.11 Å². The Kier molecular flexibility index (Phi) is 8.51. The lowest BCUT2D eigenvalue weighted by molar-refractivity contribution is -0.159. The van der Waals surface area contributed by atoms with Gasteiger partial charge in [-0.3, -0.25) is 9.59 Å². The molecule has 1 rings (SSSR count). The van der Waals surface area contributed by atoms with Crippen LogP contribution in [0.4, 0.5) is 17.6 Å². The zero-order valence-corrected chi connectivity index (χ0v) is 14.3. The second kappa shape index (κ2) is 10.3. The number of hydroxylamine groups is 1. The highest BCUT2D eigenvalue weighted by molar-refractivity contribution is 5.88. The summed E-state index contributed by atoms with van der Waals surface area (Å²) in [5.41, 5.74) is 1.94. The minimum atomic E-state index is -1.87. The van der Waals surface area contributed by atoms with Crippen LogP contribution in [0.15, 0.2) is 6.07 Å². The second-order valence-electron chi connectivity index (χ2n) is 5.50. The quantitative estimate of drug-likeness (QED) is 0.185. The molecular weight excluding hydrogens is 394 g/mol. The predicted octanol–water partition coefficient (Wildman–Crippen LogP) is 1.31. The minimum Gasteiger partial charge on any atom is -0.481 e. The third-order valence-electron chi connectivity index (χ3n) is 3.34. The number of carboxylic acids is 1. The molecule has 8 nitrogen and oxygen atoms in total. The van der Waals surface area contributed by atoms with Gasteiger partial charge in [-0.15, -0.1) is 5.48 Å². The SMILES string of the molecule is CC(C=O)C(=O)ONC(CCC(=O)O)C(=O)COc1c(F)c(F)cc(F)c1F. The highest BCUT2D eigenvalue weighted by Gasteiger charge is 2.26. The molecule has 12 heteroatoms. The number of carbonyl (C=O) groups is 4. The molecule has 0 aliphatic rings. The molecule has 0 heterocycles. The summed E-state index contributed by atoms with van der Waals surface area (Å²) in [5, 5.41) is 8.68. The molecular formula is C16H15F4NO7. The lowest BCUT2D eigenvalue weighted by atomic mass is 10.1. The van der Waals surface area contributed by atoms with Crippen molar-refractivity contribution in [2.24, 2.45) is 5.92 Å². The number of hydrogen-bond donors (Lipinski definition) is 2. The zero-order valence-electron chi connectivity index (χ0n) is 14.3. The third kappa shape index (κ3) is 6.30. The van der Waals surface area contributed by atoms with Gasteiger partial charge in [0.2, 0.25) is 11.6 Å². The number of ether oxygens (including phenoxy) is 1. The van der Waals surface area contributed by atoms with Gasteiger partial charge in [0.15, 0.2) is 23.2 Å². The first kappa shape index (κ1) is 23.0. The van der Waals surface area contributed by atoms with Crippen molar-refractivity contribution < 1.29 is 51.4 Å². The Hall–Kier alpha value is -3.02. The van der Waals surface area contributed by atoms with Crippen molar-refractivity contribution in [3.63, 3.8) is 0 Å². The van der Waals surface area contributed by atoms with Crippen LogP contribution in [0.1, 0.15) is 19.8 Å². The smallest absolute Gasteiger partial charge is 0.334 e. The van der Waals surface area contributed by atoms with E-state index in [2.05, 4.69) is 9.57 Å². The first-order valence-electron chi connectivity index (χ1n) is 7.70. The summed E-state index contributed by atoms with van der Waals surface area (Å²) >= 11 is 0. The molecule has 0 amide bonds. The van der Waals surface area contributed by atoms with Crippen LogP contribution in [0.2, 0.25) is 0 Å². The molecule has 0 radical (unpaired) electrons. The van der Waals surface area contributed by atoms with Crippen molar-refractivity contribution in [2.45, 2.75) is 25.8 Å². The van der Waals surface area contributed by atoms with E-state index >= 15 is 0 Å². The van der Waals surface area contributed by atoms with Crippen LogP contribution in [0, 0.1) is 29.2 Å². The Morgan fingerprint density at radius 3 is 2.25 bits per heavy atom. The molecule has 1 aromatic carbocycles. The molecule has 0 fully saturated rings. The van der Waals surface area contributed by atoms with Gasteiger partial charge in [-0.1, -0.05) is 0 Å². The standard InChI is InChI=1S/C16H15F4NO7/c1-7(5-22)16(26)28-21-10(2-3-12(24)25)11(23)6-27-15-13(19)8(17)4-9(18)14(15)20/h4-5,7,10,21H,2-3,6H2,1H3,(H,24,25). The van der Waals surface area contributed by atoms with Gasteiger partial charge in [-0.25, -0.2) is 13.6 Å². The normalized spacial score (nSPS) is 12.8. The molecule has 1 aromatic rings. The first-order chi connectivity index (χ1) is 13.1. The molecule has 0 bridgehead atoms. The Balaban J connectivity index is 2.85. The lowest BCUT2D eigenvalue weighted by Gasteiger charge is -2.17. The van der Waals surface area contributed by atoms with E-state index < -0.39 is 78.1 Å². The van der Waals surface area contributed by atoms with Crippen LogP contribution < -0.4 is 10.2 Å². The summed E-state index contributed by atoms with van der Waals surface area (Å²) in [7, 11) is 0. The van der Waals surface area contributed by atoms with Crippen molar-refractivity contribution in [3.05, 3.63) is 29.3 Å². The van der Waals surface area contributed by atoms with Crippen molar-refractivity contribution in [2.75, 3.05) is 6.61 Å². The lowest BCUT2D eigenvalue weighted by Crippen LogP contribution is -2.42. The van der Waals surface area contributed by atoms with Crippen LogP contribution in [0.25, 0.3) is 0 Å². The predicted molar refractivity (Wildman–Crippen MR) is 81.9 cm³/mol. The maximum absolute atomic E-state index is 13.5.